The fourth-order valence-electron chi connectivity index (χ4n) is 6.05. The summed E-state index contributed by atoms with van der Waals surface area (Å²) in [5.41, 5.74) is 6.34. The molecule has 2 saturated heterocycles. The van der Waals surface area contributed by atoms with E-state index in [-0.39, 0.29) is 23.8 Å². The molecular formula is C34H39FN4O2. The monoisotopic (exact) mass is 556 g/mol. The van der Waals surface area contributed by atoms with Gasteiger partial charge in [-0.1, -0.05) is 18.2 Å². The third-order valence-electron chi connectivity index (χ3n) is 8.42. The number of nitrogens with zero attached hydrogens (tertiary/aromatic N) is 3. The van der Waals surface area contributed by atoms with Gasteiger partial charge in [-0.3, -0.25) is 9.79 Å². The van der Waals surface area contributed by atoms with Gasteiger partial charge in [0.1, 0.15) is 11.7 Å². The summed E-state index contributed by atoms with van der Waals surface area (Å²) in [5.74, 6) is 0.227. The van der Waals surface area contributed by atoms with E-state index in [9.17, 15) is 10.6 Å². The number of carbonyl (C=O) groups excluding carboxylic acids is 1. The summed E-state index contributed by atoms with van der Waals surface area (Å²) in [7, 11) is 2.08. The lowest BCUT2D eigenvalue weighted by molar-refractivity contribution is 0.0664. The van der Waals surface area contributed by atoms with Crippen LogP contribution in [0.3, 0.4) is 0 Å². The maximum Gasteiger partial charge on any atom is 0.257 e. The van der Waals surface area contributed by atoms with Gasteiger partial charge in [0.15, 0.2) is 0 Å². The molecule has 0 aromatic heterocycles. The number of rotatable bonds is 6. The van der Waals surface area contributed by atoms with Gasteiger partial charge in [-0.15, -0.1) is 0 Å². The average molecular weight is 557 g/mol. The predicted octanol–water partition coefficient (Wildman–Crippen LogP) is 5.14. The first-order valence-electron chi connectivity index (χ1n) is 15.6. The molecule has 3 heterocycles. The van der Waals surface area contributed by atoms with Gasteiger partial charge in [0.25, 0.3) is 5.91 Å². The highest BCUT2D eigenvalue weighted by atomic mass is 19.1. The zero-order valence-electron chi connectivity index (χ0n) is 25.9. The number of ether oxygens (including phenoxy) is 1. The first-order valence-corrected chi connectivity index (χ1v) is 14.6. The van der Waals surface area contributed by atoms with Crippen molar-refractivity contribution in [1.29, 1.82) is 0 Å². The summed E-state index contributed by atoms with van der Waals surface area (Å²) in [6.45, 7) is 6.97. The van der Waals surface area contributed by atoms with Gasteiger partial charge >= 0.3 is 0 Å². The summed E-state index contributed by atoms with van der Waals surface area (Å²) in [4.78, 5) is 22.9. The van der Waals surface area contributed by atoms with Crippen LogP contribution in [0.15, 0.2) is 59.5 Å². The van der Waals surface area contributed by atoms with Crippen LogP contribution >= 0.6 is 0 Å². The molecule has 3 aliphatic rings. The molecule has 3 aromatic rings. The van der Waals surface area contributed by atoms with E-state index >= 15 is 0 Å². The van der Waals surface area contributed by atoms with E-state index < -0.39 is 0 Å². The van der Waals surface area contributed by atoms with E-state index in [1.165, 1.54) is 6.07 Å². The van der Waals surface area contributed by atoms with Crippen molar-refractivity contribution in [1.82, 2.24) is 10.2 Å². The van der Waals surface area contributed by atoms with Crippen molar-refractivity contribution >= 4 is 17.4 Å². The molecule has 0 aliphatic carbocycles. The zero-order chi connectivity index (χ0) is 30.1. The van der Waals surface area contributed by atoms with Crippen molar-refractivity contribution in [3.63, 3.8) is 0 Å². The predicted molar refractivity (Wildman–Crippen MR) is 161 cm³/mol. The SMILES string of the molecule is [2H]c1cc(C(=O)NC2=NCc3ccc(Cc4cc(C)cc(F)c4)cc32)c(CC2CCOCC2)c([2H])c1N1CCN(C)CC1. The first kappa shape index (κ1) is 25.2. The Morgan fingerprint density at radius 3 is 2.68 bits per heavy atom. The van der Waals surface area contributed by atoms with Gasteiger partial charge in [0, 0.05) is 56.2 Å². The number of carbonyl (C=O) groups is 1. The zero-order valence-corrected chi connectivity index (χ0v) is 23.9. The normalized spacial score (nSPS) is 18.5. The van der Waals surface area contributed by atoms with Crippen LogP contribution in [0.2, 0.25) is 0 Å². The molecule has 0 radical (unpaired) electrons. The molecule has 0 unspecified atom stereocenters. The number of halogens is 1. The fraction of sp³-hybridized carbons (Fsp3) is 0.412. The van der Waals surface area contributed by atoms with Crippen molar-refractivity contribution in [3.8, 4) is 0 Å². The van der Waals surface area contributed by atoms with Crippen LogP contribution in [0.1, 0.15) is 59.3 Å². The molecule has 6 rings (SSSR count). The Kier molecular flexibility index (Phi) is 7.45. The minimum atomic E-state index is -0.341. The van der Waals surface area contributed by atoms with Crippen LogP contribution in [0.4, 0.5) is 10.1 Å². The lowest BCUT2D eigenvalue weighted by Gasteiger charge is -2.34. The van der Waals surface area contributed by atoms with Crippen molar-refractivity contribution in [2.75, 3.05) is 51.3 Å². The van der Waals surface area contributed by atoms with Gasteiger partial charge in [-0.25, -0.2) is 4.39 Å². The molecule has 2 fully saturated rings. The summed E-state index contributed by atoms with van der Waals surface area (Å²) < 4.78 is 37.7. The Balaban J connectivity index is 1.28. The Bertz CT molecular complexity index is 1540. The van der Waals surface area contributed by atoms with Crippen molar-refractivity contribution < 1.29 is 16.7 Å². The highest BCUT2D eigenvalue weighted by Gasteiger charge is 2.24. The number of hydrogen-bond acceptors (Lipinski definition) is 5. The smallest absolute Gasteiger partial charge is 0.257 e. The second-order valence-electron chi connectivity index (χ2n) is 11.6. The summed E-state index contributed by atoms with van der Waals surface area (Å²) in [6, 6.07) is 13.3. The number of nitrogens with one attached hydrogen (secondary N) is 1. The molecule has 1 amide bonds. The molecule has 3 aliphatic heterocycles. The fourth-order valence-corrected chi connectivity index (χ4v) is 6.05. The van der Waals surface area contributed by atoms with Gasteiger partial charge in [0.05, 0.1) is 9.29 Å². The van der Waals surface area contributed by atoms with Crippen LogP contribution < -0.4 is 10.2 Å². The van der Waals surface area contributed by atoms with E-state index in [2.05, 4.69) is 27.2 Å². The molecule has 7 heteroatoms. The van der Waals surface area contributed by atoms with E-state index in [0.29, 0.717) is 61.2 Å². The number of aryl methyl sites for hydroxylation is 1. The van der Waals surface area contributed by atoms with Gasteiger partial charge in [0.2, 0.25) is 0 Å². The number of benzene rings is 3. The second kappa shape index (κ2) is 12.1. The number of amides is 1. The third-order valence-corrected chi connectivity index (χ3v) is 8.42. The van der Waals surface area contributed by atoms with Crippen LogP contribution in [0.25, 0.3) is 0 Å². The van der Waals surface area contributed by atoms with E-state index in [4.69, 9.17) is 6.11 Å². The lowest BCUT2D eigenvalue weighted by Crippen LogP contribution is -2.44. The van der Waals surface area contributed by atoms with Crippen LogP contribution in [-0.4, -0.2) is 63.1 Å². The number of piperazine rings is 1. The number of fused-ring (bicyclic) bond motifs is 1. The summed E-state index contributed by atoms with van der Waals surface area (Å²) in [5, 5.41) is 3.04. The Morgan fingerprint density at radius 1 is 1.10 bits per heavy atom. The Morgan fingerprint density at radius 2 is 1.90 bits per heavy atom. The van der Waals surface area contributed by atoms with Crippen molar-refractivity contribution in [2.24, 2.45) is 10.9 Å². The van der Waals surface area contributed by atoms with Crippen molar-refractivity contribution in [3.05, 3.63) is 99.3 Å². The van der Waals surface area contributed by atoms with Gasteiger partial charge < -0.3 is 19.9 Å². The molecule has 0 bridgehead atoms. The minimum Gasteiger partial charge on any atom is -0.381 e. The largest absolute Gasteiger partial charge is 0.381 e. The third kappa shape index (κ3) is 6.52. The summed E-state index contributed by atoms with van der Waals surface area (Å²) >= 11 is 0. The molecular weight excluding hydrogens is 515 g/mol. The van der Waals surface area contributed by atoms with Crippen LogP contribution in [-0.2, 0) is 24.1 Å². The molecule has 6 nitrogen and oxygen atoms in total. The molecule has 1 N–H and O–H groups in total. The standard InChI is InChI=1S/C34H39FN4O2/c1-23-15-26(19-29(35)16-23)17-25-3-4-27-22-36-33(32(27)20-25)37-34(40)31-6-5-30(39-11-9-38(2)10-12-39)21-28(31)18-24-7-13-41-14-8-24/h3-6,15-16,19-21,24H,7-14,17-18,22H2,1-2H3,(H,36,37,40)/i5D,21D. The maximum atomic E-state index is 14.0. The highest BCUT2D eigenvalue weighted by molar-refractivity contribution is 6.14. The molecule has 0 spiro atoms. The Hall–Kier alpha value is -3.55. The summed E-state index contributed by atoms with van der Waals surface area (Å²) in [6.07, 6.45) is 2.95. The first-order chi connectivity index (χ1) is 20.7. The van der Waals surface area contributed by atoms with E-state index in [1.54, 1.807) is 12.1 Å². The van der Waals surface area contributed by atoms with Crippen LogP contribution in [0.5, 0.6) is 0 Å². The quantitative estimate of drug-likeness (QED) is 0.457. The number of likely N-dealkylation sites (N-methyl/N-ethyl adjacent to an activating group) is 1. The van der Waals surface area contributed by atoms with E-state index in [0.717, 1.165) is 66.8 Å². The second-order valence-corrected chi connectivity index (χ2v) is 11.6. The topological polar surface area (TPSA) is 57.2 Å². The van der Waals surface area contributed by atoms with Crippen molar-refractivity contribution in [2.45, 2.75) is 39.2 Å². The molecule has 41 heavy (non-hydrogen) atoms. The molecule has 214 valence electrons. The Labute approximate surface area is 245 Å². The van der Waals surface area contributed by atoms with E-state index in [1.807, 2.05) is 31.2 Å². The highest BCUT2D eigenvalue weighted by Crippen LogP contribution is 2.28. The number of hydrogen-bond donors (Lipinski definition) is 1. The lowest BCUT2D eigenvalue weighted by atomic mass is 9.89. The molecule has 0 atom stereocenters. The minimum absolute atomic E-state index is 0.205. The number of aliphatic imine (C=N–C) groups is 1. The maximum absolute atomic E-state index is 14.0. The average Bonchev–Trinajstić information content (AvgIpc) is 3.37. The molecule has 0 saturated carbocycles. The van der Waals surface area contributed by atoms with Gasteiger partial charge in [-0.05, 0) is 110 Å². The van der Waals surface area contributed by atoms with Crippen LogP contribution in [0, 0.1) is 18.7 Å². The van der Waals surface area contributed by atoms with Gasteiger partial charge in [-0.2, -0.15) is 0 Å². The molecule has 3 aromatic carbocycles. The number of amidine groups is 1. The number of anilines is 1.